The number of fused-ring (bicyclic) bond motifs is 1. The van der Waals surface area contributed by atoms with E-state index in [2.05, 4.69) is 9.72 Å². The molecule has 0 atom stereocenters. The number of alkyl halides is 3. The zero-order valence-electron chi connectivity index (χ0n) is 19.8. The summed E-state index contributed by atoms with van der Waals surface area (Å²) in [4.78, 5) is 21.0. The Morgan fingerprint density at radius 2 is 1.67 bits per heavy atom. The molecule has 0 saturated carbocycles. The summed E-state index contributed by atoms with van der Waals surface area (Å²) in [5, 5.41) is 0.689. The molecule has 192 valence electrons. The number of nitrogens with zero attached hydrogens (tertiary/aromatic N) is 3. The number of ether oxygens (including phenoxy) is 4. The number of carbonyl (C=O) groups excluding carboxylic acids is 1. The van der Waals surface area contributed by atoms with Gasteiger partial charge in [-0.1, -0.05) is 11.3 Å². The molecular formula is C24H24F3N3O5S. The summed E-state index contributed by atoms with van der Waals surface area (Å²) in [6.07, 6.45) is -1.56. The van der Waals surface area contributed by atoms with Crippen LogP contribution in [0.5, 0.6) is 23.0 Å². The molecule has 0 aliphatic carbocycles. The molecule has 2 aromatic carbocycles. The Morgan fingerprint density at radius 1 is 1.00 bits per heavy atom. The third-order valence-corrected chi connectivity index (χ3v) is 6.63. The van der Waals surface area contributed by atoms with Gasteiger partial charge in [-0.05, 0) is 35.9 Å². The van der Waals surface area contributed by atoms with Crippen LogP contribution in [0.1, 0.15) is 5.56 Å². The normalized spacial score (nSPS) is 14.4. The lowest BCUT2D eigenvalue weighted by Gasteiger charge is -2.34. The van der Waals surface area contributed by atoms with E-state index in [1.165, 1.54) is 56.9 Å². The first kappa shape index (κ1) is 25.4. The predicted octanol–water partition coefficient (Wildman–Crippen LogP) is 4.58. The number of rotatable bonds is 7. The van der Waals surface area contributed by atoms with Crippen molar-refractivity contribution in [2.75, 3.05) is 52.4 Å². The van der Waals surface area contributed by atoms with E-state index in [9.17, 15) is 18.0 Å². The van der Waals surface area contributed by atoms with Crippen molar-refractivity contribution in [2.24, 2.45) is 0 Å². The Balaban J connectivity index is 1.39. The smallest absolute Gasteiger partial charge is 0.493 e. The van der Waals surface area contributed by atoms with Gasteiger partial charge < -0.3 is 28.7 Å². The highest BCUT2D eigenvalue weighted by atomic mass is 32.1. The van der Waals surface area contributed by atoms with Gasteiger partial charge in [-0.3, -0.25) is 4.79 Å². The van der Waals surface area contributed by atoms with Gasteiger partial charge in [0.25, 0.3) is 0 Å². The summed E-state index contributed by atoms with van der Waals surface area (Å²) in [6.45, 7) is 2.07. The summed E-state index contributed by atoms with van der Waals surface area (Å²) in [7, 11) is 4.57. The first-order valence-corrected chi connectivity index (χ1v) is 11.7. The minimum Gasteiger partial charge on any atom is -0.493 e. The molecule has 12 heteroatoms. The van der Waals surface area contributed by atoms with Crippen molar-refractivity contribution in [3.05, 3.63) is 42.0 Å². The van der Waals surface area contributed by atoms with Gasteiger partial charge in [-0.2, -0.15) is 0 Å². The predicted molar refractivity (Wildman–Crippen MR) is 130 cm³/mol. The zero-order chi connectivity index (χ0) is 25.9. The Bertz CT molecular complexity index is 1240. The number of halogens is 3. The van der Waals surface area contributed by atoms with Crippen LogP contribution in [0.2, 0.25) is 0 Å². The Labute approximate surface area is 209 Å². The summed E-state index contributed by atoms with van der Waals surface area (Å²) in [5.74, 6) is 1.04. The number of hydrogen-bond acceptors (Lipinski definition) is 8. The SMILES string of the molecule is COc1cc(/C=C/C(=O)N2CCN(c3nc4ccc(OC(F)(F)F)cc4s3)CC2)cc(OC)c1OC. The summed E-state index contributed by atoms with van der Waals surface area (Å²) in [6, 6.07) is 7.58. The van der Waals surface area contributed by atoms with Crippen LogP contribution in [0.25, 0.3) is 16.3 Å². The third kappa shape index (κ3) is 5.76. The second-order valence-electron chi connectivity index (χ2n) is 7.78. The number of hydrogen-bond donors (Lipinski definition) is 0. The van der Waals surface area contributed by atoms with Crippen molar-refractivity contribution in [2.45, 2.75) is 6.36 Å². The van der Waals surface area contributed by atoms with Gasteiger partial charge in [0.15, 0.2) is 16.6 Å². The number of carbonyl (C=O) groups is 1. The lowest BCUT2D eigenvalue weighted by atomic mass is 10.1. The van der Waals surface area contributed by atoms with Crippen molar-refractivity contribution in [3.8, 4) is 23.0 Å². The van der Waals surface area contributed by atoms with Crippen LogP contribution in [-0.2, 0) is 4.79 Å². The van der Waals surface area contributed by atoms with Crippen LogP contribution >= 0.6 is 11.3 Å². The van der Waals surface area contributed by atoms with Crippen LogP contribution in [-0.4, -0.2) is 69.7 Å². The van der Waals surface area contributed by atoms with Gasteiger partial charge in [0.2, 0.25) is 11.7 Å². The average molecular weight is 524 g/mol. The third-order valence-electron chi connectivity index (χ3n) is 5.55. The zero-order valence-corrected chi connectivity index (χ0v) is 20.6. The molecule has 0 spiro atoms. The molecular weight excluding hydrogens is 499 g/mol. The number of aromatic nitrogens is 1. The van der Waals surface area contributed by atoms with Crippen LogP contribution in [0, 0.1) is 0 Å². The summed E-state index contributed by atoms with van der Waals surface area (Å²) < 4.78 is 58.1. The highest BCUT2D eigenvalue weighted by Gasteiger charge is 2.31. The van der Waals surface area contributed by atoms with Crippen molar-refractivity contribution < 1.29 is 36.9 Å². The van der Waals surface area contributed by atoms with Crippen molar-refractivity contribution in [1.82, 2.24) is 9.88 Å². The number of benzene rings is 2. The molecule has 1 aliphatic rings. The molecule has 2 heterocycles. The number of amides is 1. The number of piperazine rings is 1. The van der Waals surface area contributed by atoms with E-state index in [0.29, 0.717) is 58.8 Å². The number of thiazole rings is 1. The molecule has 1 aliphatic heterocycles. The molecule has 36 heavy (non-hydrogen) atoms. The molecule has 1 fully saturated rings. The van der Waals surface area contributed by atoms with Crippen LogP contribution < -0.4 is 23.8 Å². The van der Waals surface area contributed by atoms with Gasteiger partial charge in [0, 0.05) is 38.3 Å². The van der Waals surface area contributed by atoms with E-state index in [-0.39, 0.29) is 11.7 Å². The second kappa shape index (κ2) is 10.5. The summed E-state index contributed by atoms with van der Waals surface area (Å²) >= 11 is 1.29. The first-order chi connectivity index (χ1) is 17.2. The van der Waals surface area contributed by atoms with E-state index in [4.69, 9.17) is 14.2 Å². The molecule has 1 amide bonds. The van der Waals surface area contributed by atoms with E-state index < -0.39 is 6.36 Å². The molecule has 1 aromatic heterocycles. The topological polar surface area (TPSA) is 73.4 Å². The van der Waals surface area contributed by atoms with Crippen molar-refractivity contribution >= 4 is 38.7 Å². The minimum atomic E-state index is -4.75. The molecule has 0 N–H and O–H groups in total. The van der Waals surface area contributed by atoms with Gasteiger partial charge in [0.05, 0.1) is 31.5 Å². The molecule has 4 rings (SSSR count). The largest absolute Gasteiger partial charge is 0.573 e. The number of anilines is 1. The van der Waals surface area contributed by atoms with E-state index in [1.54, 1.807) is 23.1 Å². The average Bonchev–Trinajstić information content (AvgIpc) is 3.29. The maximum Gasteiger partial charge on any atom is 0.573 e. The molecule has 1 saturated heterocycles. The lowest BCUT2D eigenvalue weighted by molar-refractivity contribution is -0.274. The van der Waals surface area contributed by atoms with Gasteiger partial charge in [0.1, 0.15) is 5.75 Å². The van der Waals surface area contributed by atoms with Gasteiger partial charge in [-0.15, -0.1) is 13.2 Å². The first-order valence-electron chi connectivity index (χ1n) is 10.9. The molecule has 0 radical (unpaired) electrons. The fraction of sp³-hybridized carbons (Fsp3) is 0.333. The van der Waals surface area contributed by atoms with Crippen LogP contribution in [0.15, 0.2) is 36.4 Å². The molecule has 3 aromatic rings. The minimum absolute atomic E-state index is 0.137. The fourth-order valence-corrected chi connectivity index (χ4v) is 4.86. The highest BCUT2D eigenvalue weighted by Crippen LogP contribution is 2.38. The monoisotopic (exact) mass is 523 g/mol. The van der Waals surface area contributed by atoms with E-state index >= 15 is 0 Å². The number of methoxy groups -OCH3 is 3. The van der Waals surface area contributed by atoms with Crippen LogP contribution in [0.3, 0.4) is 0 Å². The lowest BCUT2D eigenvalue weighted by Crippen LogP contribution is -2.48. The quantitative estimate of drug-likeness (QED) is 0.420. The van der Waals surface area contributed by atoms with Gasteiger partial charge in [-0.25, -0.2) is 4.98 Å². The van der Waals surface area contributed by atoms with Crippen molar-refractivity contribution in [1.29, 1.82) is 0 Å². The van der Waals surface area contributed by atoms with Crippen molar-refractivity contribution in [3.63, 3.8) is 0 Å². The standard InChI is InChI=1S/C24H24F3N3O5S/c1-32-18-12-15(13-19(33-2)22(18)34-3)4-7-21(31)29-8-10-30(11-9-29)23-28-17-6-5-16(14-20(17)36-23)35-24(25,26)27/h4-7,12-14H,8-11H2,1-3H3/b7-4+. The molecule has 8 nitrogen and oxygen atoms in total. The maximum absolute atomic E-state index is 12.8. The maximum atomic E-state index is 12.8. The highest BCUT2D eigenvalue weighted by molar-refractivity contribution is 7.22. The summed E-state index contributed by atoms with van der Waals surface area (Å²) in [5.41, 5.74) is 1.32. The Morgan fingerprint density at radius 3 is 2.25 bits per heavy atom. The molecule has 0 unspecified atom stereocenters. The Hall–Kier alpha value is -3.67. The van der Waals surface area contributed by atoms with E-state index in [1.807, 2.05) is 4.90 Å². The fourth-order valence-electron chi connectivity index (χ4n) is 3.81. The van der Waals surface area contributed by atoms with E-state index in [0.717, 1.165) is 5.56 Å². The van der Waals surface area contributed by atoms with Crippen LogP contribution in [0.4, 0.5) is 18.3 Å². The molecule has 0 bridgehead atoms. The Kier molecular flexibility index (Phi) is 7.43. The van der Waals surface area contributed by atoms with Gasteiger partial charge >= 0.3 is 6.36 Å². The second-order valence-corrected chi connectivity index (χ2v) is 8.79.